The third-order valence-electron chi connectivity index (χ3n) is 4.08. The van der Waals surface area contributed by atoms with Gasteiger partial charge in [-0.1, -0.05) is 12.1 Å². The van der Waals surface area contributed by atoms with Crippen LogP contribution in [0.3, 0.4) is 0 Å². The van der Waals surface area contributed by atoms with Crippen molar-refractivity contribution in [3.8, 4) is 5.75 Å². The van der Waals surface area contributed by atoms with E-state index in [0.717, 1.165) is 37.9 Å². The largest absolute Gasteiger partial charge is 0.507 e. The smallest absolute Gasteiger partial charge is 0.257 e. The number of amides is 1. The Morgan fingerprint density at radius 1 is 1.45 bits per heavy atom. The third-order valence-corrected chi connectivity index (χ3v) is 4.08. The first kappa shape index (κ1) is 14.9. The van der Waals surface area contributed by atoms with Crippen LogP contribution in [0.2, 0.25) is 0 Å². The summed E-state index contributed by atoms with van der Waals surface area (Å²) in [5, 5.41) is 13.2. The molecular weight excluding hydrogens is 252 g/mol. The van der Waals surface area contributed by atoms with Crippen LogP contribution in [-0.2, 0) is 0 Å². The van der Waals surface area contributed by atoms with Gasteiger partial charge < -0.3 is 15.3 Å². The summed E-state index contributed by atoms with van der Waals surface area (Å²) < 4.78 is 0. The summed E-state index contributed by atoms with van der Waals surface area (Å²) in [6.07, 6.45) is 4.25. The number of carbonyl (C=O) groups excluding carboxylic acids is 1. The second-order valence-corrected chi connectivity index (χ2v) is 5.51. The van der Waals surface area contributed by atoms with E-state index in [1.807, 2.05) is 31.0 Å². The van der Waals surface area contributed by atoms with Crippen molar-refractivity contribution in [3.05, 3.63) is 29.3 Å². The molecule has 4 nitrogen and oxygen atoms in total. The highest BCUT2D eigenvalue weighted by atomic mass is 16.3. The molecule has 1 aromatic rings. The van der Waals surface area contributed by atoms with Gasteiger partial charge >= 0.3 is 0 Å². The monoisotopic (exact) mass is 276 g/mol. The summed E-state index contributed by atoms with van der Waals surface area (Å²) in [4.78, 5) is 14.6. The molecule has 1 aliphatic rings. The van der Waals surface area contributed by atoms with Gasteiger partial charge in [0.15, 0.2) is 0 Å². The minimum atomic E-state index is -0.0352. The molecule has 2 rings (SSSR count). The van der Waals surface area contributed by atoms with Crippen LogP contribution >= 0.6 is 0 Å². The van der Waals surface area contributed by atoms with Crippen LogP contribution < -0.4 is 5.32 Å². The van der Waals surface area contributed by atoms with Gasteiger partial charge in [0.2, 0.25) is 0 Å². The minimum absolute atomic E-state index is 0.0352. The molecule has 1 amide bonds. The Morgan fingerprint density at radius 2 is 2.25 bits per heavy atom. The molecule has 2 N–H and O–H groups in total. The Kier molecular flexibility index (Phi) is 5.01. The van der Waals surface area contributed by atoms with Gasteiger partial charge in [-0.2, -0.15) is 0 Å². The van der Waals surface area contributed by atoms with Crippen LogP contribution in [0.25, 0.3) is 0 Å². The molecular formula is C16H24N2O2. The molecule has 0 radical (unpaired) electrons. The van der Waals surface area contributed by atoms with E-state index < -0.39 is 0 Å². The summed E-state index contributed by atoms with van der Waals surface area (Å²) in [6, 6.07) is 5.65. The molecule has 1 aromatic carbocycles. The number of aromatic hydroxyl groups is 1. The molecule has 20 heavy (non-hydrogen) atoms. The number of nitrogens with one attached hydrogen (secondary N) is 1. The lowest BCUT2D eigenvalue weighted by Crippen LogP contribution is -2.44. The van der Waals surface area contributed by atoms with Crippen LogP contribution in [-0.4, -0.2) is 42.1 Å². The van der Waals surface area contributed by atoms with Gasteiger partial charge in [0.1, 0.15) is 5.75 Å². The summed E-state index contributed by atoms with van der Waals surface area (Å²) in [7, 11) is 1.93. The van der Waals surface area contributed by atoms with E-state index in [-0.39, 0.29) is 17.7 Å². The standard InChI is InChI=1S/C16H24N2O2/c1-12-6-5-8-14(15(12)19)16(20)18-11-4-3-7-13(18)9-10-17-2/h5-6,8,13,17,19H,3-4,7,9-11H2,1-2H3. The fourth-order valence-electron chi connectivity index (χ4n) is 2.87. The molecule has 0 spiro atoms. The van der Waals surface area contributed by atoms with E-state index in [2.05, 4.69) is 5.32 Å². The molecule has 0 aliphatic carbocycles. The number of carbonyl (C=O) groups is 1. The number of rotatable bonds is 4. The normalized spacial score (nSPS) is 19.1. The second-order valence-electron chi connectivity index (χ2n) is 5.51. The van der Waals surface area contributed by atoms with Gasteiger partial charge in [-0.25, -0.2) is 0 Å². The summed E-state index contributed by atoms with van der Waals surface area (Å²) >= 11 is 0. The Hall–Kier alpha value is -1.55. The van der Waals surface area contributed by atoms with Crippen LogP contribution in [0.5, 0.6) is 5.75 Å². The molecule has 1 aliphatic heterocycles. The number of nitrogens with zero attached hydrogens (tertiary/aromatic N) is 1. The lowest BCUT2D eigenvalue weighted by atomic mass is 9.97. The van der Waals surface area contributed by atoms with Crippen molar-refractivity contribution in [1.29, 1.82) is 0 Å². The molecule has 0 aromatic heterocycles. The van der Waals surface area contributed by atoms with Crippen molar-refractivity contribution in [2.75, 3.05) is 20.1 Å². The molecule has 110 valence electrons. The average Bonchev–Trinajstić information content (AvgIpc) is 2.47. The van der Waals surface area contributed by atoms with Crippen LogP contribution in [0.1, 0.15) is 41.6 Å². The predicted molar refractivity (Wildman–Crippen MR) is 80.1 cm³/mol. The minimum Gasteiger partial charge on any atom is -0.507 e. The Labute approximate surface area is 120 Å². The predicted octanol–water partition coefficient (Wildman–Crippen LogP) is 2.30. The van der Waals surface area contributed by atoms with Gasteiger partial charge in [0.05, 0.1) is 5.56 Å². The maximum Gasteiger partial charge on any atom is 0.257 e. The number of hydrogen-bond donors (Lipinski definition) is 2. The maximum absolute atomic E-state index is 12.7. The highest BCUT2D eigenvalue weighted by molar-refractivity contribution is 5.97. The topological polar surface area (TPSA) is 52.6 Å². The number of likely N-dealkylation sites (tertiary alicyclic amines) is 1. The zero-order valence-electron chi connectivity index (χ0n) is 12.4. The van der Waals surface area contributed by atoms with Crippen molar-refractivity contribution in [1.82, 2.24) is 10.2 Å². The van der Waals surface area contributed by atoms with E-state index in [9.17, 15) is 9.90 Å². The van der Waals surface area contributed by atoms with Crippen LogP contribution in [0.15, 0.2) is 18.2 Å². The molecule has 1 fully saturated rings. The van der Waals surface area contributed by atoms with Gasteiger partial charge in [-0.3, -0.25) is 4.79 Å². The Morgan fingerprint density at radius 3 is 3.00 bits per heavy atom. The lowest BCUT2D eigenvalue weighted by molar-refractivity contribution is 0.0599. The average molecular weight is 276 g/mol. The highest BCUT2D eigenvalue weighted by Gasteiger charge is 2.28. The molecule has 1 atom stereocenters. The zero-order chi connectivity index (χ0) is 14.5. The van der Waals surface area contributed by atoms with Gasteiger partial charge in [0.25, 0.3) is 5.91 Å². The zero-order valence-corrected chi connectivity index (χ0v) is 12.4. The molecule has 0 bridgehead atoms. The van der Waals surface area contributed by atoms with E-state index in [4.69, 9.17) is 0 Å². The van der Waals surface area contributed by atoms with E-state index in [1.54, 1.807) is 6.07 Å². The molecule has 1 unspecified atom stereocenters. The number of aryl methyl sites for hydroxylation is 1. The van der Waals surface area contributed by atoms with E-state index in [0.29, 0.717) is 5.56 Å². The summed E-state index contributed by atoms with van der Waals surface area (Å²) in [5.41, 5.74) is 1.18. The first-order valence-corrected chi connectivity index (χ1v) is 7.39. The quantitative estimate of drug-likeness (QED) is 0.887. The first-order chi connectivity index (χ1) is 9.65. The fraction of sp³-hybridized carbons (Fsp3) is 0.562. The van der Waals surface area contributed by atoms with Crippen molar-refractivity contribution < 1.29 is 9.90 Å². The number of piperidine rings is 1. The summed E-state index contributed by atoms with van der Waals surface area (Å²) in [6.45, 7) is 3.52. The molecule has 1 saturated heterocycles. The third kappa shape index (κ3) is 3.12. The first-order valence-electron chi connectivity index (χ1n) is 7.39. The number of phenols is 1. The van der Waals surface area contributed by atoms with Crippen LogP contribution in [0.4, 0.5) is 0 Å². The van der Waals surface area contributed by atoms with Crippen molar-refractivity contribution in [2.45, 2.75) is 38.6 Å². The second kappa shape index (κ2) is 6.75. The number of phenolic OH excluding ortho intramolecular Hbond substituents is 1. The van der Waals surface area contributed by atoms with Crippen molar-refractivity contribution in [2.24, 2.45) is 0 Å². The molecule has 0 saturated carbocycles. The molecule has 4 heteroatoms. The Bertz CT molecular complexity index is 474. The number of hydrogen-bond acceptors (Lipinski definition) is 3. The van der Waals surface area contributed by atoms with E-state index in [1.165, 1.54) is 6.42 Å². The highest BCUT2D eigenvalue weighted by Crippen LogP contribution is 2.27. The van der Waals surface area contributed by atoms with Crippen LogP contribution in [0, 0.1) is 6.92 Å². The lowest BCUT2D eigenvalue weighted by Gasteiger charge is -2.36. The summed E-state index contributed by atoms with van der Waals surface area (Å²) in [5.74, 6) is 0.0856. The van der Waals surface area contributed by atoms with Gasteiger partial charge in [-0.15, -0.1) is 0 Å². The number of para-hydroxylation sites is 1. The van der Waals surface area contributed by atoms with Gasteiger partial charge in [0, 0.05) is 12.6 Å². The fourth-order valence-corrected chi connectivity index (χ4v) is 2.87. The number of benzene rings is 1. The molecule has 1 heterocycles. The maximum atomic E-state index is 12.7. The SMILES string of the molecule is CNCCC1CCCCN1C(=O)c1cccc(C)c1O. The van der Waals surface area contributed by atoms with Crippen molar-refractivity contribution >= 4 is 5.91 Å². The Balaban J connectivity index is 2.18. The van der Waals surface area contributed by atoms with Gasteiger partial charge in [-0.05, 0) is 57.8 Å². The van der Waals surface area contributed by atoms with E-state index >= 15 is 0 Å². The van der Waals surface area contributed by atoms with Crippen molar-refractivity contribution in [3.63, 3.8) is 0 Å².